The van der Waals surface area contributed by atoms with Crippen LogP contribution in [0.3, 0.4) is 0 Å². The van der Waals surface area contributed by atoms with E-state index in [4.69, 9.17) is 14.9 Å². The Labute approximate surface area is 87.3 Å². The first-order valence-electron chi connectivity index (χ1n) is 4.38. The summed E-state index contributed by atoms with van der Waals surface area (Å²) in [6.07, 6.45) is -0.567. The third kappa shape index (κ3) is 3.42. The molecule has 0 amide bonds. The molecule has 0 aliphatic carbocycles. The monoisotopic (exact) mass is 239 g/mol. The standard InChI is InChI=1S/C7H13NO6S/c9-4-6-3-8(1-2-14-6)15(12,13)5-7(10)11/h6,9H,1-5H2,(H,10,11). The zero-order valence-corrected chi connectivity index (χ0v) is 8.81. The van der Waals surface area contributed by atoms with Gasteiger partial charge < -0.3 is 14.9 Å². The molecule has 1 unspecified atom stereocenters. The molecule has 0 radical (unpaired) electrons. The van der Waals surface area contributed by atoms with Gasteiger partial charge in [0.2, 0.25) is 10.0 Å². The van der Waals surface area contributed by atoms with E-state index in [2.05, 4.69) is 0 Å². The van der Waals surface area contributed by atoms with Crippen LogP contribution in [0.4, 0.5) is 0 Å². The maximum Gasteiger partial charge on any atom is 0.320 e. The van der Waals surface area contributed by atoms with Crippen molar-refractivity contribution in [3.05, 3.63) is 0 Å². The maximum absolute atomic E-state index is 11.5. The predicted molar refractivity (Wildman–Crippen MR) is 49.8 cm³/mol. The fourth-order valence-corrected chi connectivity index (χ4v) is 2.54. The van der Waals surface area contributed by atoms with E-state index in [1.807, 2.05) is 0 Å². The highest BCUT2D eigenvalue weighted by Crippen LogP contribution is 2.10. The van der Waals surface area contributed by atoms with Gasteiger partial charge in [-0.1, -0.05) is 0 Å². The molecule has 0 saturated carbocycles. The third-order valence-electron chi connectivity index (χ3n) is 2.00. The van der Waals surface area contributed by atoms with E-state index in [1.54, 1.807) is 0 Å². The third-order valence-corrected chi connectivity index (χ3v) is 3.73. The number of nitrogens with zero attached hydrogens (tertiary/aromatic N) is 1. The molecule has 2 N–H and O–H groups in total. The van der Waals surface area contributed by atoms with Gasteiger partial charge in [-0.3, -0.25) is 4.79 Å². The van der Waals surface area contributed by atoms with Crippen LogP contribution < -0.4 is 0 Å². The van der Waals surface area contributed by atoms with Gasteiger partial charge in [-0.05, 0) is 0 Å². The Bertz CT molecular complexity index is 326. The summed E-state index contributed by atoms with van der Waals surface area (Å²) in [6.45, 7) is 0.0292. The van der Waals surface area contributed by atoms with Gasteiger partial charge >= 0.3 is 5.97 Å². The highest BCUT2D eigenvalue weighted by Gasteiger charge is 2.30. The van der Waals surface area contributed by atoms with Gasteiger partial charge in [0.25, 0.3) is 0 Å². The Kier molecular flexibility index (Phi) is 4.03. The quantitative estimate of drug-likeness (QED) is 0.593. The summed E-state index contributed by atoms with van der Waals surface area (Å²) in [4.78, 5) is 10.3. The number of ether oxygens (including phenoxy) is 1. The number of aliphatic hydroxyl groups is 1. The van der Waals surface area contributed by atoms with Crippen molar-refractivity contribution >= 4 is 16.0 Å². The van der Waals surface area contributed by atoms with Crippen LogP contribution in [0.15, 0.2) is 0 Å². The van der Waals surface area contributed by atoms with Gasteiger partial charge in [0.1, 0.15) is 0 Å². The zero-order valence-electron chi connectivity index (χ0n) is 8.00. The second kappa shape index (κ2) is 4.88. The molecule has 7 nitrogen and oxygen atoms in total. The Morgan fingerprint density at radius 3 is 2.73 bits per heavy atom. The van der Waals surface area contributed by atoms with Crippen molar-refractivity contribution in [1.82, 2.24) is 4.31 Å². The number of morpholine rings is 1. The summed E-state index contributed by atoms with van der Waals surface area (Å²) in [5.41, 5.74) is 0. The normalized spacial score (nSPS) is 23.9. The van der Waals surface area contributed by atoms with E-state index >= 15 is 0 Å². The van der Waals surface area contributed by atoms with Crippen LogP contribution in [0.5, 0.6) is 0 Å². The van der Waals surface area contributed by atoms with Crippen LogP contribution in [0.25, 0.3) is 0 Å². The lowest BCUT2D eigenvalue weighted by molar-refractivity contribution is -0.134. The van der Waals surface area contributed by atoms with Crippen molar-refractivity contribution in [3.63, 3.8) is 0 Å². The Hall–Kier alpha value is -0.700. The summed E-state index contributed by atoms with van der Waals surface area (Å²) in [5.74, 6) is -2.31. The van der Waals surface area contributed by atoms with Crippen molar-refractivity contribution in [2.75, 3.05) is 32.1 Å². The molecule has 88 valence electrons. The number of sulfonamides is 1. The van der Waals surface area contributed by atoms with Crippen molar-refractivity contribution in [3.8, 4) is 0 Å². The summed E-state index contributed by atoms with van der Waals surface area (Å²) in [7, 11) is -3.78. The lowest BCUT2D eigenvalue weighted by atomic mass is 10.3. The topological polar surface area (TPSA) is 104 Å². The van der Waals surface area contributed by atoms with Gasteiger partial charge in [-0.2, -0.15) is 4.31 Å². The summed E-state index contributed by atoms with van der Waals surface area (Å²) in [5, 5.41) is 17.2. The molecular formula is C7H13NO6S. The highest BCUT2D eigenvalue weighted by atomic mass is 32.2. The molecule has 1 saturated heterocycles. The summed E-state index contributed by atoms with van der Waals surface area (Å²) < 4.78 is 29.0. The van der Waals surface area contributed by atoms with Crippen molar-refractivity contribution < 1.29 is 28.2 Å². The number of carboxylic acids is 1. The van der Waals surface area contributed by atoms with E-state index in [1.165, 1.54) is 0 Å². The van der Waals surface area contributed by atoms with Crippen molar-refractivity contribution in [1.29, 1.82) is 0 Å². The van der Waals surface area contributed by atoms with E-state index in [0.29, 0.717) is 0 Å². The smallest absolute Gasteiger partial charge is 0.320 e. The van der Waals surface area contributed by atoms with Gasteiger partial charge in [0, 0.05) is 13.1 Å². The minimum Gasteiger partial charge on any atom is -0.480 e. The highest BCUT2D eigenvalue weighted by molar-refractivity contribution is 7.89. The molecule has 1 rings (SSSR count). The second-order valence-corrected chi connectivity index (χ2v) is 5.15. The molecular weight excluding hydrogens is 226 g/mol. The Morgan fingerprint density at radius 2 is 2.20 bits per heavy atom. The average Bonchev–Trinajstić information content (AvgIpc) is 2.16. The van der Waals surface area contributed by atoms with Crippen LogP contribution in [-0.2, 0) is 19.6 Å². The number of hydrogen-bond acceptors (Lipinski definition) is 5. The molecule has 1 atom stereocenters. The fourth-order valence-electron chi connectivity index (χ4n) is 1.30. The van der Waals surface area contributed by atoms with E-state index in [9.17, 15) is 13.2 Å². The predicted octanol–water partition coefficient (Wildman–Crippen LogP) is -1.91. The summed E-state index contributed by atoms with van der Waals surface area (Å²) >= 11 is 0. The molecule has 1 fully saturated rings. The largest absolute Gasteiger partial charge is 0.480 e. The lowest BCUT2D eigenvalue weighted by Gasteiger charge is -2.30. The first kappa shape index (κ1) is 12.4. The second-order valence-electron chi connectivity index (χ2n) is 3.18. The Morgan fingerprint density at radius 1 is 1.53 bits per heavy atom. The minimum absolute atomic E-state index is 0.00606. The molecule has 1 aliphatic rings. The van der Waals surface area contributed by atoms with Gasteiger partial charge in [0.05, 0.1) is 19.3 Å². The van der Waals surface area contributed by atoms with Crippen LogP contribution in [-0.4, -0.2) is 67.1 Å². The molecule has 15 heavy (non-hydrogen) atoms. The maximum atomic E-state index is 11.5. The number of aliphatic hydroxyl groups excluding tert-OH is 1. The molecule has 0 aromatic carbocycles. The first-order chi connectivity index (χ1) is 6.95. The van der Waals surface area contributed by atoms with Crippen molar-refractivity contribution in [2.24, 2.45) is 0 Å². The minimum atomic E-state index is -3.78. The number of rotatable bonds is 4. The van der Waals surface area contributed by atoms with E-state index in [-0.39, 0.29) is 26.3 Å². The molecule has 8 heteroatoms. The lowest BCUT2D eigenvalue weighted by Crippen LogP contribution is -2.48. The van der Waals surface area contributed by atoms with E-state index < -0.39 is 27.8 Å². The Balaban J connectivity index is 2.66. The molecule has 0 aromatic heterocycles. The van der Waals surface area contributed by atoms with Crippen molar-refractivity contribution in [2.45, 2.75) is 6.10 Å². The van der Waals surface area contributed by atoms with Crippen LogP contribution >= 0.6 is 0 Å². The van der Waals surface area contributed by atoms with Gasteiger partial charge in [0.15, 0.2) is 5.75 Å². The number of carboxylic acid groups (broad SMARTS) is 1. The average molecular weight is 239 g/mol. The van der Waals surface area contributed by atoms with Crippen LogP contribution in [0.2, 0.25) is 0 Å². The SMILES string of the molecule is O=C(O)CS(=O)(=O)N1CCOC(CO)C1. The van der Waals surface area contributed by atoms with Gasteiger partial charge in [-0.15, -0.1) is 0 Å². The molecule has 0 bridgehead atoms. The molecule has 1 aliphatic heterocycles. The number of aliphatic carboxylic acids is 1. The molecule has 0 aromatic rings. The summed E-state index contributed by atoms with van der Waals surface area (Å²) in [6, 6.07) is 0. The van der Waals surface area contributed by atoms with Gasteiger partial charge in [-0.25, -0.2) is 8.42 Å². The van der Waals surface area contributed by atoms with Crippen LogP contribution in [0, 0.1) is 0 Å². The molecule has 0 spiro atoms. The first-order valence-corrected chi connectivity index (χ1v) is 5.98. The number of carbonyl (C=O) groups is 1. The van der Waals surface area contributed by atoms with Crippen LogP contribution in [0.1, 0.15) is 0 Å². The number of hydrogen-bond donors (Lipinski definition) is 2. The fraction of sp³-hybridized carbons (Fsp3) is 0.857. The zero-order chi connectivity index (χ0) is 11.5. The van der Waals surface area contributed by atoms with E-state index in [0.717, 1.165) is 4.31 Å². The molecule has 1 heterocycles.